The number of nitrogens with zero attached hydrogens (tertiary/aromatic N) is 3. The van der Waals surface area contributed by atoms with Gasteiger partial charge in [-0.15, -0.1) is 0 Å². The molecule has 1 aromatic rings. The Labute approximate surface area is 156 Å². The van der Waals surface area contributed by atoms with Crippen molar-refractivity contribution in [2.24, 2.45) is 0 Å². The Balaban J connectivity index is 1.45. The summed E-state index contributed by atoms with van der Waals surface area (Å²) in [6, 6.07) is 8.11. The molecule has 1 aromatic carbocycles. The Hall–Kier alpha value is -2.08. The van der Waals surface area contributed by atoms with E-state index in [4.69, 9.17) is 0 Å². The quantitative estimate of drug-likeness (QED) is 0.903. The summed E-state index contributed by atoms with van der Waals surface area (Å²) in [4.78, 5) is 31.0. The van der Waals surface area contributed by atoms with E-state index < -0.39 is 0 Å². The second kappa shape index (κ2) is 8.54. The number of benzene rings is 1. The number of nitrogens with one attached hydrogen (secondary N) is 1. The molecule has 2 heterocycles. The molecule has 1 atom stereocenters. The number of anilines is 1. The summed E-state index contributed by atoms with van der Waals surface area (Å²) in [5.41, 5.74) is 1.95. The third kappa shape index (κ3) is 4.75. The van der Waals surface area contributed by atoms with Gasteiger partial charge in [-0.25, -0.2) is 4.79 Å². The minimum absolute atomic E-state index is 0.0637. The van der Waals surface area contributed by atoms with Gasteiger partial charge in [0.25, 0.3) is 0 Å². The van der Waals surface area contributed by atoms with Crippen molar-refractivity contribution in [3.05, 3.63) is 29.8 Å². The van der Waals surface area contributed by atoms with Crippen LogP contribution in [0.1, 0.15) is 31.7 Å². The number of likely N-dealkylation sites (tertiary alicyclic amines) is 1. The van der Waals surface area contributed by atoms with Crippen LogP contribution in [0.25, 0.3) is 0 Å². The number of carbonyl (C=O) groups excluding carboxylic acids is 2. The van der Waals surface area contributed by atoms with E-state index in [2.05, 4.69) is 17.1 Å². The van der Waals surface area contributed by atoms with Crippen molar-refractivity contribution in [2.45, 2.75) is 39.2 Å². The number of carbonyl (C=O) groups is 2. The summed E-state index contributed by atoms with van der Waals surface area (Å²) in [5.74, 6) is 0.231. The smallest absolute Gasteiger partial charge is 0.321 e. The van der Waals surface area contributed by atoms with Gasteiger partial charge in [0.2, 0.25) is 5.91 Å². The fraction of sp³-hybridized carbons (Fsp3) is 0.600. The van der Waals surface area contributed by atoms with Crippen LogP contribution in [0.15, 0.2) is 24.3 Å². The lowest BCUT2D eigenvalue weighted by Crippen LogP contribution is -2.53. The molecule has 6 nitrogen and oxygen atoms in total. The number of hydrogen-bond acceptors (Lipinski definition) is 3. The third-order valence-electron chi connectivity index (χ3n) is 5.41. The molecule has 26 heavy (non-hydrogen) atoms. The van der Waals surface area contributed by atoms with Gasteiger partial charge in [-0.2, -0.15) is 0 Å². The standard InChI is InChI=1S/C20H30N4O2/c1-16-6-5-8-18(14-16)21-20(26)23-12-10-22(11-13-23)15-19(25)24-9-4-3-7-17(24)2/h5-6,8,14,17H,3-4,7,9-13,15H2,1-2H3,(H,21,26). The second-order valence-electron chi connectivity index (χ2n) is 7.49. The predicted octanol–water partition coefficient (Wildman–Crippen LogP) is 2.55. The molecule has 2 aliphatic rings. The SMILES string of the molecule is Cc1cccc(NC(=O)N2CCN(CC(=O)N3CCCCC3C)CC2)c1. The molecule has 2 saturated heterocycles. The zero-order valence-corrected chi connectivity index (χ0v) is 15.9. The Morgan fingerprint density at radius 2 is 1.88 bits per heavy atom. The molecule has 2 fully saturated rings. The Morgan fingerprint density at radius 3 is 2.58 bits per heavy atom. The van der Waals surface area contributed by atoms with Crippen LogP contribution in [0, 0.1) is 6.92 Å². The van der Waals surface area contributed by atoms with Gasteiger partial charge in [0.15, 0.2) is 0 Å². The molecule has 3 rings (SSSR count). The first kappa shape index (κ1) is 18.7. The van der Waals surface area contributed by atoms with Gasteiger partial charge in [-0.3, -0.25) is 9.69 Å². The summed E-state index contributed by atoms with van der Waals surface area (Å²) >= 11 is 0. The summed E-state index contributed by atoms with van der Waals surface area (Å²) < 4.78 is 0. The average Bonchev–Trinajstić information content (AvgIpc) is 2.62. The molecular weight excluding hydrogens is 328 g/mol. The summed E-state index contributed by atoms with van der Waals surface area (Å²) in [6.07, 6.45) is 3.45. The number of hydrogen-bond donors (Lipinski definition) is 1. The van der Waals surface area contributed by atoms with E-state index in [-0.39, 0.29) is 11.9 Å². The lowest BCUT2D eigenvalue weighted by molar-refractivity contribution is -0.136. The highest BCUT2D eigenvalue weighted by Crippen LogP contribution is 2.17. The number of amides is 3. The molecule has 2 aliphatic heterocycles. The van der Waals surface area contributed by atoms with E-state index >= 15 is 0 Å². The molecule has 0 aliphatic carbocycles. The van der Waals surface area contributed by atoms with Gasteiger partial charge in [0, 0.05) is 44.5 Å². The Kier molecular flexibility index (Phi) is 6.14. The monoisotopic (exact) mass is 358 g/mol. The minimum Gasteiger partial charge on any atom is -0.339 e. The average molecular weight is 358 g/mol. The fourth-order valence-electron chi connectivity index (χ4n) is 3.79. The molecule has 6 heteroatoms. The highest BCUT2D eigenvalue weighted by molar-refractivity contribution is 5.89. The highest BCUT2D eigenvalue weighted by atomic mass is 16.2. The number of rotatable bonds is 3. The maximum atomic E-state index is 12.6. The van der Waals surface area contributed by atoms with Crippen LogP contribution in [0.4, 0.5) is 10.5 Å². The molecule has 0 aromatic heterocycles. The van der Waals surface area contributed by atoms with Gasteiger partial charge in [0.1, 0.15) is 0 Å². The van der Waals surface area contributed by atoms with Gasteiger partial charge in [0.05, 0.1) is 6.54 Å². The van der Waals surface area contributed by atoms with E-state index in [9.17, 15) is 9.59 Å². The van der Waals surface area contributed by atoms with Crippen molar-refractivity contribution >= 4 is 17.6 Å². The molecule has 0 bridgehead atoms. The van der Waals surface area contributed by atoms with Gasteiger partial charge in [-0.1, -0.05) is 12.1 Å². The molecule has 1 unspecified atom stereocenters. The lowest BCUT2D eigenvalue weighted by atomic mass is 10.0. The fourth-order valence-corrected chi connectivity index (χ4v) is 3.79. The van der Waals surface area contributed by atoms with Crippen LogP contribution in [0.2, 0.25) is 0 Å². The van der Waals surface area contributed by atoms with E-state index in [0.29, 0.717) is 25.7 Å². The van der Waals surface area contributed by atoms with Gasteiger partial charge < -0.3 is 15.1 Å². The predicted molar refractivity (Wildman–Crippen MR) is 103 cm³/mol. The zero-order valence-electron chi connectivity index (χ0n) is 15.9. The molecule has 3 amide bonds. The van der Waals surface area contributed by atoms with Crippen LogP contribution >= 0.6 is 0 Å². The van der Waals surface area contributed by atoms with Crippen LogP contribution in [0.5, 0.6) is 0 Å². The summed E-state index contributed by atoms with van der Waals surface area (Å²) in [7, 11) is 0. The third-order valence-corrected chi connectivity index (χ3v) is 5.41. The lowest BCUT2D eigenvalue weighted by Gasteiger charge is -2.38. The summed E-state index contributed by atoms with van der Waals surface area (Å²) in [5, 5.41) is 2.96. The molecule has 0 radical (unpaired) electrons. The normalized spacial score (nSPS) is 21.5. The zero-order chi connectivity index (χ0) is 18.5. The second-order valence-corrected chi connectivity index (χ2v) is 7.49. The van der Waals surface area contributed by atoms with Crippen LogP contribution in [0.3, 0.4) is 0 Å². The number of urea groups is 1. The minimum atomic E-state index is -0.0637. The maximum Gasteiger partial charge on any atom is 0.321 e. The van der Waals surface area contributed by atoms with Crippen molar-refractivity contribution < 1.29 is 9.59 Å². The Morgan fingerprint density at radius 1 is 1.12 bits per heavy atom. The number of aryl methyl sites for hydroxylation is 1. The van der Waals surface area contributed by atoms with Crippen molar-refractivity contribution in [1.82, 2.24) is 14.7 Å². The highest BCUT2D eigenvalue weighted by Gasteiger charge is 2.27. The molecule has 0 saturated carbocycles. The largest absolute Gasteiger partial charge is 0.339 e. The van der Waals surface area contributed by atoms with Crippen molar-refractivity contribution in [3.63, 3.8) is 0 Å². The van der Waals surface area contributed by atoms with Gasteiger partial charge >= 0.3 is 6.03 Å². The van der Waals surface area contributed by atoms with E-state index in [1.165, 1.54) is 6.42 Å². The van der Waals surface area contributed by atoms with Crippen molar-refractivity contribution in [3.8, 4) is 0 Å². The first-order valence-corrected chi connectivity index (χ1v) is 9.67. The molecular formula is C20H30N4O2. The van der Waals surface area contributed by atoms with Gasteiger partial charge in [-0.05, 0) is 50.8 Å². The molecule has 0 spiro atoms. The van der Waals surface area contributed by atoms with E-state index in [1.807, 2.05) is 41.0 Å². The van der Waals surface area contributed by atoms with Crippen molar-refractivity contribution in [2.75, 3.05) is 44.6 Å². The first-order valence-electron chi connectivity index (χ1n) is 9.67. The molecule has 1 N–H and O–H groups in total. The van der Waals surface area contributed by atoms with Crippen molar-refractivity contribution in [1.29, 1.82) is 0 Å². The maximum absolute atomic E-state index is 12.6. The van der Waals surface area contributed by atoms with Crippen LogP contribution in [-0.4, -0.2) is 71.9 Å². The van der Waals surface area contributed by atoms with Crippen LogP contribution < -0.4 is 5.32 Å². The first-order chi connectivity index (χ1) is 12.5. The number of piperidine rings is 1. The topological polar surface area (TPSA) is 55.9 Å². The van der Waals surface area contributed by atoms with E-state index in [1.54, 1.807) is 0 Å². The number of piperazine rings is 1. The Bertz CT molecular complexity index is 640. The summed E-state index contributed by atoms with van der Waals surface area (Å²) in [6.45, 7) is 8.31. The molecule has 142 valence electrons. The van der Waals surface area contributed by atoms with Crippen LogP contribution in [-0.2, 0) is 4.79 Å². The van der Waals surface area contributed by atoms with E-state index in [0.717, 1.165) is 43.7 Å².